The van der Waals surface area contributed by atoms with Gasteiger partial charge < -0.3 is 9.71 Å². The Kier molecular flexibility index (Phi) is 6.20. The van der Waals surface area contributed by atoms with Crippen LogP contribution in [-0.4, -0.2) is 24.5 Å². The predicted octanol–water partition coefficient (Wildman–Crippen LogP) is 6.46. The molecule has 1 fully saturated rings. The van der Waals surface area contributed by atoms with Crippen molar-refractivity contribution in [2.75, 3.05) is 11.9 Å². The lowest BCUT2D eigenvalue weighted by molar-refractivity contribution is -0.0297. The van der Waals surface area contributed by atoms with Gasteiger partial charge in [-0.15, -0.1) is 0 Å². The van der Waals surface area contributed by atoms with E-state index in [0.29, 0.717) is 11.4 Å². The molecule has 2 aromatic rings. The van der Waals surface area contributed by atoms with E-state index in [0.717, 1.165) is 34.9 Å². The van der Waals surface area contributed by atoms with Gasteiger partial charge in [0, 0.05) is 28.7 Å². The number of alkyl halides is 2. The van der Waals surface area contributed by atoms with Gasteiger partial charge in [-0.1, -0.05) is 86.3 Å². The normalized spacial score (nSPS) is 20.5. The second kappa shape index (κ2) is 8.51. The lowest BCUT2D eigenvalue weighted by atomic mass is 9.57. The molecule has 7 heteroatoms. The number of rotatable bonds is 4. The number of hydrogen-bond acceptors (Lipinski definition) is 2. The molecule has 0 radical (unpaired) electrons. The van der Waals surface area contributed by atoms with E-state index in [1.54, 1.807) is 21.2 Å². The second-order valence-electron chi connectivity index (χ2n) is 8.88. The Morgan fingerprint density at radius 3 is 2.53 bits per heavy atom. The predicted molar refractivity (Wildman–Crippen MR) is 137 cm³/mol. The van der Waals surface area contributed by atoms with E-state index in [1.807, 2.05) is 37.3 Å². The highest BCUT2D eigenvalue weighted by Gasteiger charge is 2.59. The Hall–Kier alpha value is -1.83. The van der Waals surface area contributed by atoms with Gasteiger partial charge >= 0.3 is 0 Å². The number of hydrogen-bond donors (Lipinski definition) is 0. The van der Waals surface area contributed by atoms with Crippen LogP contribution in [0.5, 0.6) is 0 Å². The fourth-order valence-electron chi connectivity index (χ4n) is 4.45. The number of fused-ring (bicyclic) bond motifs is 1. The molecule has 2 atom stereocenters. The number of nitrogens with zero attached hydrogens (tertiary/aromatic N) is 2. The summed E-state index contributed by atoms with van der Waals surface area (Å²) in [5.41, 5.74) is -1.67. The molecule has 2 unspecified atom stereocenters. The molecule has 1 saturated carbocycles. The third-order valence-corrected chi connectivity index (χ3v) is 7.70. The third-order valence-electron chi connectivity index (χ3n) is 6.43. The Morgan fingerprint density at radius 1 is 1.28 bits per heavy atom. The van der Waals surface area contributed by atoms with E-state index in [-0.39, 0.29) is 12.8 Å². The zero-order valence-corrected chi connectivity index (χ0v) is 21.4. The molecule has 1 heterocycles. The first kappa shape index (κ1) is 23.3. The Morgan fingerprint density at radius 2 is 1.94 bits per heavy atom. The van der Waals surface area contributed by atoms with Crippen molar-refractivity contribution in [2.45, 2.75) is 44.1 Å². The molecule has 4 rings (SSSR count). The average Bonchev–Trinajstić information content (AvgIpc) is 3.55. The molecule has 0 spiro atoms. The summed E-state index contributed by atoms with van der Waals surface area (Å²) in [5, 5.41) is 0. The SMILES string of the molecule is C=C1N(B(C)Cc2ccccc2)c2cc(Br)c(C)cc2C(C#CC2CC2)(C(F)(F)P)N1C. The second-order valence-corrected chi connectivity index (χ2v) is 10.5. The quantitative estimate of drug-likeness (QED) is 0.262. The fourth-order valence-corrected chi connectivity index (χ4v) is 5.20. The third kappa shape index (κ3) is 3.99. The van der Waals surface area contributed by atoms with Crippen LogP contribution in [-0.2, 0) is 11.9 Å². The van der Waals surface area contributed by atoms with E-state index in [2.05, 4.69) is 58.1 Å². The minimum Gasteiger partial charge on any atom is -0.373 e. The summed E-state index contributed by atoms with van der Waals surface area (Å²) in [5.74, 6) is 6.88. The van der Waals surface area contributed by atoms with Gasteiger partial charge in [0.05, 0.1) is 5.82 Å². The summed E-state index contributed by atoms with van der Waals surface area (Å²) in [6.07, 6.45) is 2.71. The fraction of sp³-hybridized carbons (Fsp3) is 0.360. The molecule has 0 amide bonds. The maximum Gasteiger partial charge on any atom is 0.296 e. The molecule has 2 nitrogen and oxygen atoms in total. The number of halogens is 3. The summed E-state index contributed by atoms with van der Waals surface area (Å²) >= 11 is 3.61. The molecule has 1 aliphatic carbocycles. The summed E-state index contributed by atoms with van der Waals surface area (Å²) in [6, 6.07) is 14.0. The van der Waals surface area contributed by atoms with Gasteiger partial charge in [0.25, 0.3) is 12.5 Å². The van der Waals surface area contributed by atoms with Crippen LogP contribution in [0.2, 0.25) is 6.82 Å². The molecule has 0 saturated heterocycles. The van der Waals surface area contributed by atoms with Crippen molar-refractivity contribution in [3.8, 4) is 11.8 Å². The molecule has 166 valence electrons. The molecule has 2 aromatic carbocycles. The Labute approximate surface area is 200 Å². The highest BCUT2D eigenvalue weighted by molar-refractivity contribution is 9.10. The summed E-state index contributed by atoms with van der Waals surface area (Å²) in [4.78, 5) is 3.65. The largest absolute Gasteiger partial charge is 0.373 e. The van der Waals surface area contributed by atoms with Crippen molar-refractivity contribution in [3.05, 3.63) is 76.0 Å². The van der Waals surface area contributed by atoms with Crippen LogP contribution in [0.15, 0.2) is 59.3 Å². The first-order valence-electron chi connectivity index (χ1n) is 10.8. The molecule has 0 aromatic heterocycles. The van der Waals surface area contributed by atoms with Crippen molar-refractivity contribution < 1.29 is 8.78 Å². The Bertz CT molecular complexity index is 1100. The zero-order chi connectivity index (χ0) is 23.3. The van der Waals surface area contributed by atoms with Crippen molar-refractivity contribution in [1.29, 1.82) is 0 Å². The van der Waals surface area contributed by atoms with Crippen molar-refractivity contribution in [3.63, 3.8) is 0 Å². The minimum atomic E-state index is -3.18. The molecule has 0 bridgehead atoms. The zero-order valence-electron chi connectivity index (χ0n) is 18.6. The topological polar surface area (TPSA) is 6.48 Å². The van der Waals surface area contributed by atoms with Crippen molar-refractivity contribution in [2.24, 2.45) is 5.92 Å². The van der Waals surface area contributed by atoms with Crippen LogP contribution in [0, 0.1) is 24.7 Å². The van der Waals surface area contributed by atoms with Crippen LogP contribution < -0.4 is 4.81 Å². The van der Waals surface area contributed by atoms with Gasteiger partial charge in [-0.2, -0.15) is 8.78 Å². The lowest BCUT2D eigenvalue weighted by Gasteiger charge is -2.53. The standard InChI is InChI=1S/C25H27BBrF2N2P/c1-17-14-21-23(15-22(17)27)31(26(3)16-20-8-6-5-7-9-20)18(2)30(4)24(21,25(28,29)32)13-12-19-10-11-19/h5-9,14-15,19H,2,10-11,16,32H2,1,3-4H3. The van der Waals surface area contributed by atoms with Gasteiger partial charge in [-0.05, 0) is 43.8 Å². The first-order valence-corrected chi connectivity index (χ1v) is 12.2. The molecule has 32 heavy (non-hydrogen) atoms. The lowest BCUT2D eigenvalue weighted by Crippen LogP contribution is -2.60. The smallest absolute Gasteiger partial charge is 0.296 e. The summed E-state index contributed by atoms with van der Waals surface area (Å²) < 4.78 is 31.9. The van der Waals surface area contributed by atoms with Gasteiger partial charge in [0.15, 0.2) is 5.54 Å². The van der Waals surface area contributed by atoms with Crippen molar-refractivity contribution >= 4 is 37.7 Å². The van der Waals surface area contributed by atoms with Gasteiger partial charge in [-0.3, -0.25) is 0 Å². The average molecular weight is 515 g/mol. The summed E-state index contributed by atoms with van der Waals surface area (Å²) in [6.45, 7) is 8.30. The van der Waals surface area contributed by atoms with Crippen LogP contribution in [0.4, 0.5) is 14.5 Å². The Balaban J connectivity index is 1.90. The van der Waals surface area contributed by atoms with Crippen LogP contribution in [0.3, 0.4) is 0 Å². The van der Waals surface area contributed by atoms with E-state index in [1.165, 1.54) is 5.56 Å². The number of aryl methyl sites for hydroxylation is 1. The van der Waals surface area contributed by atoms with Crippen LogP contribution >= 0.6 is 25.2 Å². The van der Waals surface area contributed by atoms with Crippen molar-refractivity contribution in [1.82, 2.24) is 4.90 Å². The molecule has 1 aliphatic heterocycles. The van der Waals surface area contributed by atoms with E-state index < -0.39 is 11.2 Å². The van der Waals surface area contributed by atoms with E-state index in [4.69, 9.17) is 0 Å². The van der Waals surface area contributed by atoms with E-state index in [9.17, 15) is 0 Å². The number of anilines is 1. The first-order chi connectivity index (χ1) is 15.1. The maximum absolute atomic E-state index is 15.5. The van der Waals surface area contributed by atoms with E-state index >= 15 is 8.78 Å². The highest BCUT2D eigenvalue weighted by Crippen LogP contribution is 2.55. The van der Waals surface area contributed by atoms with Crippen LogP contribution in [0.1, 0.15) is 29.5 Å². The molecule has 2 aliphatic rings. The van der Waals surface area contributed by atoms with Gasteiger partial charge in [-0.25, -0.2) is 0 Å². The molecule has 0 N–H and O–H groups in total. The molecular weight excluding hydrogens is 488 g/mol. The number of benzene rings is 2. The van der Waals surface area contributed by atoms with Crippen LogP contribution in [0.25, 0.3) is 0 Å². The van der Waals surface area contributed by atoms with Gasteiger partial charge in [0.2, 0.25) is 0 Å². The highest BCUT2D eigenvalue weighted by atomic mass is 79.9. The van der Waals surface area contributed by atoms with Gasteiger partial charge in [0.1, 0.15) is 0 Å². The minimum absolute atomic E-state index is 0.00762. The monoisotopic (exact) mass is 514 g/mol. The molecular formula is C25H27BBrF2N2P. The summed E-state index contributed by atoms with van der Waals surface area (Å²) in [7, 11) is 3.43. The maximum atomic E-state index is 15.5.